The number of H-pyrrole nitrogens is 1. The quantitative estimate of drug-likeness (QED) is 0.411. The average molecular weight is 444 g/mol. The Morgan fingerprint density at radius 3 is 2.52 bits per heavy atom. The van der Waals surface area contributed by atoms with Crippen LogP contribution in [0.1, 0.15) is 0 Å². The number of hydrogen-bond acceptors (Lipinski definition) is 8. The monoisotopic (exact) mass is 444 g/mol. The van der Waals surface area contributed by atoms with Gasteiger partial charge in [-0.15, -0.1) is 0 Å². The molecule has 4 aromatic rings. The first kappa shape index (κ1) is 20.3. The normalized spacial score (nSPS) is 11.5. The van der Waals surface area contributed by atoms with Crippen LogP contribution in [0, 0.1) is 5.82 Å². The number of halogens is 1. The van der Waals surface area contributed by atoms with Crippen LogP contribution in [0.25, 0.3) is 22.3 Å². The van der Waals surface area contributed by atoms with Crippen LogP contribution in [0.5, 0.6) is 11.5 Å². The zero-order valence-corrected chi connectivity index (χ0v) is 17.2. The van der Waals surface area contributed by atoms with Crippen molar-refractivity contribution in [2.75, 3.05) is 24.7 Å². The van der Waals surface area contributed by atoms with E-state index in [9.17, 15) is 12.8 Å². The number of nitrogens with zero attached hydrogens (tertiary/aromatic N) is 3. The highest BCUT2D eigenvalue weighted by molar-refractivity contribution is 7.92. The number of nitrogens with one attached hydrogen (secondary N) is 2. The first-order valence-electron chi connectivity index (χ1n) is 8.82. The predicted molar refractivity (Wildman–Crippen MR) is 112 cm³/mol. The number of fused-ring (bicyclic) bond motifs is 1. The highest BCUT2D eigenvalue weighted by Crippen LogP contribution is 2.33. The van der Waals surface area contributed by atoms with Crippen LogP contribution >= 0.6 is 0 Å². The smallest absolute Gasteiger partial charge is 0.265 e. The van der Waals surface area contributed by atoms with Crippen molar-refractivity contribution in [1.82, 2.24) is 20.2 Å². The lowest BCUT2D eigenvalue weighted by molar-refractivity contribution is 0.411. The van der Waals surface area contributed by atoms with E-state index in [1.54, 1.807) is 12.1 Å². The average Bonchev–Trinajstić information content (AvgIpc) is 3.14. The van der Waals surface area contributed by atoms with Gasteiger partial charge in [0.15, 0.2) is 11.6 Å². The summed E-state index contributed by atoms with van der Waals surface area (Å²) in [5.41, 5.74) is 7.13. The van der Waals surface area contributed by atoms with E-state index >= 15 is 0 Å². The van der Waals surface area contributed by atoms with E-state index in [0.717, 1.165) is 12.1 Å². The van der Waals surface area contributed by atoms with Crippen molar-refractivity contribution < 1.29 is 22.3 Å². The van der Waals surface area contributed by atoms with Crippen LogP contribution in [-0.2, 0) is 10.0 Å². The van der Waals surface area contributed by atoms with E-state index in [4.69, 9.17) is 15.2 Å². The molecule has 0 radical (unpaired) electrons. The summed E-state index contributed by atoms with van der Waals surface area (Å²) in [5, 5.41) is 7.39. The fourth-order valence-electron chi connectivity index (χ4n) is 2.99. The molecule has 160 valence electrons. The molecule has 0 aliphatic heterocycles. The van der Waals surface area contributed by atoms with Gasteiger partial charge in [-0.1, -0.05) is 0 Å². The third kappa shape index (κ3) is 3.80. The highest BCUT2D eigenvalue weighted by atomic mass is 32.2. The van der Waals surface area contributed by atoms with Crippen LogP contribution in [0.4, 0.5) is 15.9 Å². The molecule has 31 heavy (non-hydrogen) atoms. The Kier molecular flexibility index (Phi) is 5.07. The van der Waals surface area contributed by atoms with Gasteiger partial charge in [0, 0.05) is 11.6 Å². The second-order valence-electron chi connectivity index (χ2n) is 6.41. The number of aromatic amines is 1. The number of rotatable bonds is 6. The molecule has 2 aromatic carbocycles. The highest BCUT2D eigenvalue weighted by Gasteiger charge is 2.21. The molecule has 0 bridgehead atoms. The Morgan fingerprint density at radius 2 is 1.84 bits per heavy atom. The van der Waals surface area contributed by atoms with Gasteiger partial charge in [-0.3, -0.25) is 9.82 Å². The zero-order chi connectivity index (χ0) is 22.2. The minimum absolute atomic E-state index is 0.0600. The number of ether oxygens (including phenoxy) is 2. The van der Waals surface area contributed by atoms with E-state index < -0.39 is 20.7 Å². The molecule has 4 N–H and O–H groups in total. The molecule has 2 aromatic heterocycles. The molecule has 0 aliphatic rings. The summed E-state index contributed by atoms with van der Waals surface area (Å²) in [7, 11) is -1.37. The Morgan fingerprint density at radius 1 is 1.10 bits per heavy atom. The van der Waals surface area contributed by atoms with Crippen molar-refractivity contribution in [3.8, 4) is 22.9 Å². The number of benzene rings is 2. The van der Waals surface area contributed by atoms with Gasteiger partial charge in [0.25, 0.3) is 10.0 Å². The topological polar surface area (TPSA) is 145 Å². The Hall–Kier alpha value is -3.93. The number of nitrogen functional groups attached to an aromatic ring is 1. The maximum Gasteiger partial charge on any atom is 0.265 e. The molecule has 0 amide bonds. The third-order valence-electron chi connectivity index (χ3n) is 4.47. The van der Waals surface area contributed by atoms with Gasteiger partial charge in [-0.25, -0.2) is 22.8 Å². The van der Waals surface area contributed by atoms with Crippen molar-refractivity contribution in [2.24, 2.45) is 0 Å². The van der Waals surface area contributed by atoms with E-state index in [2.05, 4.69) is 24.9 Å². The van der Waals surface area contributed by atoms with Crippen molar-refractivity contribution >= 4 is 32.4 Å². The van der Waals surface area contributed by atoms with Crippen molar-refractivity contribution in [3.63, 3.8) is 0 Å². The molecular formula is C19H17FN6O4S. The summed E-state index contributed by atoms with van der Waals surface area (Å²) >= 11 is 0. The first-order valence-corrected chi connectivity index (χ1v) is 10.3. The lowest BCUT2D eigenvalue weighted by Crippen LogP contribution is -2.15. The molecule has 0 atom stereocenters. The van der Waals surface area contributed by atoms with E-state index in [0.29, 0.717) is 33.9 Å². The molecule has 0 saturated heterocycles. The number of sulfonamides is 1. The zero-order valence-electron chi connectivity index (χ0n) is 16.4. The fraction of sp³-hybridized carbons (Fsp3) is 0.105. The van der Waals surface area contributed by atoms with Crippen LogP contribution in [0.2, 0.25) is 0 Å². The Bertz CT molecular complexity index is 1370. The predicted octanol–water partition coefficient (Wildman–Crippen LogP) is 2.56. The van der Waals surface area contributed by atoms with E-state index in [1.807, 2.05) is 0 Å². The number of nitrogens with two attached hydrogens (primary N) is 1. The van der Waals surface area contributed by atoms with Gasteiger partial charge in [0.2, 0.25) is 0 Å². The molecule has 4 rings (SSSR count). The molecule has 0 fully saturated rings. The Labute approximate surface area is 176 Å². The van der Waals surface area contributed by atoms with E-state index in [-0.39, 0.29) is 11.4 Å². The summed E-state index contributed by atoms with van der Waals surface area (Å²) in [4.78, 5) is 7.84. The number of anilines is 2. The molecular weight excluding hydrogens is 427 g/mol. The molecule has 0 saturated carbocycles. The second-order valence-corrected chi connectivity index (χ2v) is 8.06. The van der Waals surface area contributed by atoms with Gasteiger partial charge in [-0.2, -0.15) is 5.10 Å². The number of methoxy groups -OCH3 is 2. The largest absolute Gasteiger partial charge is 0.497 e. The minimum atomic E-state index is -4.22. The maximum atomic E-state index is 14.1. The lowest BCUT2D eigenvalue weighted by Gasteiger charge is -2.10. The number of hydrogen-bond donors (Lipinski definition) is 3. The van der Waals surface area contributed by atoms with Gasteiger partial charge in [0.05, 0.1) is 43.2 Å². The summed E-state index contributed by atoms with van der Waals surface area (Å²) in [6.45, 7) is 0. The third-order valence-corrected chi connectivity index (χ3v) is 5.86. The summed E-state index contributed by atoms with van der Waals surface area (Å²) in [6.07, 6.45) is 2.55. The fourth-order valence-corrected chi connectivity index (χ4v) is 4.11. The van der Waals surface area contributed by atoms with Gasteiger partial charge in [0.1, 0.15) is 22.2 Å². The number of aromatic nitrogens is 4. The summed E-state index contributed by atoms with van der Waals surface area (Å²) in [6, 6.07) is 6.86. The van der Waals surface area contributed by atoms with Crippen LogP contribution in [0.15, 0.2) is 47.6 Å². The summed E-state index contributed by atoms with van der Waals surface area (Å²) < 4.78 is 51.8. The standard InChI is InChI=1S/C19H17FN6O4S/c1-29-12-3-4-13(20)16(7-12)31(27,28)26-11-8-22-19(23-9-11)10-5-14-17(15(6-10)30-2)18(21)25-24-14/h3-9,26H,1-2H3,(H3,21,24,25). The van der Waals surface area contributed by atoms with Crippen molar-refractivity contribution in [3.05, 3.63) is 48.5 Å². The second kappa shape index (κ2) is 7.72. The molecule has 10 nitrogen and oxygen atoms in total. The lowest BCUT2D eigenvalue weighted by atomic mass is 10.1. The maximum absolute atomic E-state index is 14.1. The van der Waals surface area contributed by atoms with Crippen LogP contribution in [-0.4, -0.2) is 42.8 Å². The molecule has 0 spiro atoms. The molecule has 2 heterocycles. The minimum Gasteiger partial charge on any atom is -0.497 e. The van der Waals surface area contributed by atoms with Gasteiger partial charge >= 0.3 is 0 Å². The molecule has 12 heteroatoms. The van der Waals surface area contributed by atoms with Gasteiger partial charge in [-0.05, 0) is 24.3 Å². The van der Waals surface area contributed by atoms with Crippen LogP contribution < -0.4 is 19.9 Å². The van der Waals surface area contributed by atoms with Crippen LogP contribution in [0.3, 0.4) is 0 Å². The molecule has 0 unspecified atom stereocenters. The van der Waals surface area contributed by atoms with Gasteiger partial charge < -0.3 is 15.2 Å². The van der Waals surface area contributed by atoms with Crippen molar-refractivity contribution in [2.45, 2.75) is 4.90 Å². The van der Waals surface area contributed by atoms with E-state index in [1.165, 1.54) is 32.7 Å². The molecule has 0 aliphatic carbocycles. The first-order chi connectivity index (χ1) is 14.8. The Balaban J connectivity index is 1.64. The summed E-state index contributed by atoms with van der Waals surface area (Å²) in [5.74, 6) is 0.389. The van der Waals surface area contributed by atoms with Crippen molar-refractivity contribution in [1.29, 1.82) is 0 Å². The SMILES string of the molecule is COc1ccc(F)c(S(=O)(=O)Nc2cnc(-c3cc(OC)c4c(N)n[nH]c4c3)nc2)c1.